The number of fused-ring (bicyclic) bond motifs is 1. The summed E-state index contributed by atoms with van der Waals surface area (Å²) in [5.74, 6) is 2.90. The predicted molar refractivity (Wildman–Crippen MR) is 139 cm³/mol. The Morgan fingerprint density at radius 1 is 1.22 bits per heavy atom. The van der Waals surface area contributed by atoms with Crippen molar-refractivity contribution in [3.63, 3.8) is 0 Å². The smallest absolute Gasteiger partial charge is 0.338 e. The van der Waals surface area contributed by atoms with Gasteiger partial charge in [-0.25, -0.2) is 9.79 Å². The van der Waals surface area contributed by atoms with Gasteiger partial charge in [0.15, 0.2) is 16.3 Å². The van der Waals surface area contributed by atoms with E-state index in [0.29, 0.717) is 37.7 Å². The van der Waals surface area contributed by atoms with Crippen LogP contribution >= 0.6 is 11.3 Å². The van der Waals surface area contributed by atoms with E-state index in [-0.39, 0.29) is 18.3 Å². The van der Waals surface area contributed by atoms with Gasteiger partial charge in [-0.1, -0.05) is 59.7 Å². The summed E-state index contributed by atoms with van der Waals surface area (Å²) in [7, 11) is 1.54. The molecule has 8 heteroatoms. The van der Waals surface area contributed by atoms with E-state index in [1.807, 2.05) is 36.4 Å². The highest BCUT2D eigenvalue weighted by atomic mass is 32.1. The fourth-order valence-electron chi connectivity index (χ4n) is 4.03. The minimum Gasteiger partial charge on any atom is -0.493 e. The van der Waals surface area contributed by atoms with Gasteiger partial charge in [-0.05, 0) is 38.5 Å². The minimum absolute atomic E-state index is 0.0526. The maximum absolute atomic E-state index is 13.8. The van der Waals surface area contributed by atoms with Crippen LogP contribution < -0.4 is 24.4 Å². The van der Waals surface area contributed by atoms with Crippen molar-refractivity contribution < 1.29 is 19.0 Å². The summed E-state index contributed by atoms with van der Waals surface area (Å²) in [6.45, 7) is 5.39. The zero-order chi connectivity index (χ0) is 25.8. The summed E-state index contributed by atoms with van der Waals surface area (Å²) >= 11 is 1.24. The lowest BCUT2D eigenvalue weighted by Crippen LogP contribution is -2.40. The quantitative estimate of drug-likeness (QED) is 0.366. The number of carbonyl (C=O) groups is 1. The van der Waals surface area contributed by atoms with E-state index in [2.05, 4.69) is 10.9 Å². The first-order valence-corrected chi connectivity index (χ1v) is 12.2. The van der Waals surface area contributed by atoms with Gasteiger partial charge in [0, 0.05) is 5.56 Å². The number of hydrogen-bond donors (Lipinski definition) is 0. The number of methoxy groups -OCH3 is 1. The first kappa shape index (κ1) is 25.0. The van der Waals surface area contributed by atoms with Crippen LogP contribution in [0.4, 0.5) is 0 Å². The molecule has 1 atom stereocenters. The fraction of sp³-hybridized carbons (Fsp3) is 0.250. The molecule has 36 heavy (non-hydrogen) atoms. The third kappa shape index (κ3) is 4.83. The minimum atomic E-state index is -0.668. The molecule has 1 aliphatic rings. The van der Waals surface area contributed by atoms with Crippen molar-refractivity contribution in [2.24, 2.45) is 4.99 Å². The van der Waals surface area contributed by atoms with Gasteiger partial charge in [-0.3, -0.25) is 9.36 Å². The van der Waals surface area contributed by atoms with Crippen molar-refractivity contribution in [2.45, 2.75) is 32.9 Å². The Morgan fingerprint density at radius 2 is 1.97 bits per heavy atom. The van der Waals surface area contributed by atoms with E-state index in [1.54, 1.807) is 43.5 Å². The number of para-hydroxylation sites is 1. The molecule has 0 bridgehead atoms. The number of esters is 1. The molecule has 0 aliphatic carbocycles. The van der Waals surface area contributed by atoms with Crippen molar-refractivity contribution in [1.29, 1.82) is 0 Å². The van der Waals surface area contributed by atoms with Gasteiger partial charge < -0.3 is 14.2 Å². The normalized spacial score (nSPS) is 15.2. The number of allylic oxidation sites excluding steroid dienone is 1. The summed E-state index contributed by atoms with van der Waals surface area (Å²) in [5, 5.41) is 0. The number of benzene rings is 2. The molecular weight excluding hydrogens is 476 g/mol. The molecule has 7 nitrogen and oxygen atoms in total. The van der Waals surface area contributed by atoms with Crippen LogP contribution in [0.3, 0.4) is 0 Å². The number of hydrogen-bond acceptors (Lipinski definition) is 7. The number of aromatic nitrogens is 1. The van der Waals surface area contributed by atoms with Crippen LogP contribution in [0.5, 0.6) is 11.5 Å². The molecular formula is C28H26N2O5S. The van der Waals surface area contributed by atoms with Gasteiger partial charge >= 0.3 is 5.97 Å². The molecule has 0 N–H and O–H groups in total. The molecule has 0 fully saturated rings. The summed E-state index contributed by atoms with van der Waals surface area (Å²) in [6.07, 6.45) is 6.80. The molecule has 0 saturated carbocycles. The first-order valence-electron chi connectivity index (χ1n) is 11.4. The highest BCUT2D eigenvalue weighted by molar-refractivity contribution is 7.07. The predicted octanol–water partition coefficient (Wildman–Crippen LogP) is 3.21. The number of carbonyl (C=O) groups excluding carboxylic acids is 1. The van der Waals surface area contributed by atoms with Crippen LogP contribution in [0.15, 0.2) is 69.6 Å². The van der Waals surface area contributed by atoms with Crippen LogP contribution in [-0.4, -0.2) is 30.4 Å². The Bertz CT molecular complexity index is 1540. The Morgan fingerprint density at radius 3 is 2.64 bits per heavy atom. The lowest BCUT2D eigenvalue weighted by Gasteiger charge is -2.25. The van der Waals surface area contributed by atoms with Gasteiger partial charge in [-0.2, -0.15) is 0 Å². The lowest BCUT2D eigenvalue weighted by molar-refractivity contribution is -0.143. The number of ether oxygens (including phenoxy) is 3. The molecule has 3 aromatic rings. The molecule has 0 spiro atoms. The van der Waals surface area contributed by atoms with Crippen molar-refractivity contribution >= 4 is 23.4 Å². The number of nitrogens with zero attached hydrogens (tertiary/aromatic N) is 2. The van der Waals surface area contributed by atoms with Crippen molar-refractivity contribution in [3.8, 4) is 23.8 Å². The molecule has 2 aromatic carbocycles. The van der Waals surface area contributed by atoms with Crippen LogP contribution in [0, 0.1) is 12.3 Å². The first-order chi connectivity index (χ1) is 17.3. The van der Waals surface area contributed by atoms with Crippen LogP contribution in [0.25, 0.3) is 6.08 Å². The third-order valence-electron chi connectivity index (χ3n) is 5.52. The fourth-order valence-corrected chi connectivity index (χ4v) is 5.07. The topological polar surface area (TPSA) is 79.1 Å². The van der Waals surface area contributed by atoms with E-state index in [4.69, 9.17) is 20.6 Å². The van der Waals surface area contributed by atoms with Gasteiger partial charge in [-0.15, -0.1) is 6.42 Å². The number of rotatable bonds is 7. The zero-order valence-corrected chi connectivity index (χ0v) is 21.3. The SMILES string of the molecule is C#CCOc1c(C=c2sc3n(c2=O)C(c2ccccc2)C(C(=O)OC(C)C)=C(C)N=3)cccc1OC. The highest BCUT2D eigenvalue weighted by Crippen LogP contribution is 2.32. The Labute approximate surface area is 213 Å². The second-order valence-corrected chi connectivity index (χ2v) is 9.33. The maximum Gasteiger partial charge on any atom is 0.338 e. The average molecular weight is 503 g/mol. The summed E-state index contributed by atoms with van der Waals surface area (Å²) in [6, 6.07) is 14.1. The van der Waals surface area contributed by atoms with E-state index in [1.165, 1.54) is 18.4 Å². The Balaban J connectivity index is 1.93. The molecule has 4 rings (SSSR count). The summed E-state index contributed by atoms with van der Waals surface area (Å²) in [5.41, 5.74) is 2.01. The molecule has 0 amide bonds. The van der Waals surface area contributed by atoms with E-state index >= 15 is 0 Å². The number of terminal acetylenes is 1. The molecule has 0 radical (unpaired) electrons. The largest absolute Gasteiger partial charge is 0.493 e. The van der Waals surface area contributed by atoms with Crippen LogP contribution in [-0.2, 0) is 9.53 Å². The van der Waals surface area contributed by atoms with E-state index in [0.717, 1.165) is 5.56 Å². The van der Waals surface area contributed by atoms with Crippen molar-refractivity contribution in [3.05, 3.63) is 90.6 Å². The van der Waals surface area contributed by atoms with Crippen molar-refractivity contribution in [1.82, 2.24) is 4.57 Å². The molecule has 1 aromatic heterocycles. The highest BCUT2D eigenvalue weighted by Gasteiger charge is 2.33. The summed E-state index contributed by atoms with van der Waals surface area (Å²) in [4.78, 5) is 32.0. The number of thiazole rings is 1. The van der Waals surface area contributed by atoms with Crippen LogP contribution in [0.1, 0.15) is 37.9 Å². The molecule has 1 aliphatic heterocycles. The van der Waals surface area contributed by atoms with Crippen LogP contribution in [0.2, 0.25) is 0 Å². The standard InChI is InChI=1S/C28H26N2O5S/c1-6-15-34-25-20(13-10-14-21(25)33-5)16-22-26(31)30-24(19-11-8-7-9-12-19)23(27(32)35-17(2)3)18(4)29-28(30)36-22/h1,7-14,16-17,24H,15H2,2-5H3. The van der Waals surface area contributed by atoms with Gasteiger partial charge in [0.25, 0.3) is 5.56 Å². The third-order valence-corrected chi connectivity index (χ3v) is 6.50. The van der Waals surface area contributed by atoms with Gasteiger partial charge in [0.2, 0.25) is 0 Å². The Hall–Kier alpha value is -4.09. The zero-order valence-electron chi connectivity index (χ0n) is 20.5. The average Bonchev–Trinajstić information content (AvgIpc) is 3.16. The second kappa shape index (κ2) is 10.7. The molecule has 1 unspecified atom stereocenters. The Kier molecular flexibility index (Phi) is 7.41. The molecule has 2 heterocycles. The van der Waals surface area contributed by atoms with Crippen molar-refractivity contribution in [2.75, 3.05) is 13.7 Å². The lowest BCUT2D eigenvalue weighted by atomic mass is 9.96. The molecule has 184 valence electrons. The monoisotopic (exact) mass is 502 g/mol. The molecule has 0 saturated heterocycles. The van der Waals surface area contributed by atoms with Gasteiger partial charge in [0.05, 0.1) is 35.1 Å². The van der Waals surface area contributed by atoms with E-state index < -0.39 is 12.0 Å². The summed E-state index contributed by atoms with van der Waals surface area (Å²) < 4.78 is 18.7. The van der Waals surface area contributed by atoms with E-state index in [9.17, 15) is 9.59 Å². The maximum atomic E-state index is 13.8. The second-order valence-electron chi connectivity index (χ2n) is 8.32. The van der Waals surface area contributed by atoms with Gasteiger partial charge in [0.1, 0.15) is 6.61 Å².